The highest BCUT2D eigenvalue weighted by molar-refractivity contribution is 14.0. The first-order valence-electron chi connectivity index (χ1n) is 6.49. The minimum Gasteiger partial charge on any atom is -0.377 e. The summed E-state index contributed by atoms with van der Waals surface area (Å²) in [4.78, 5) is 6.59. The summed E-state index contributed by atoms with van der Waals surface area (Å²) in [5.74, 6) is 0.869. The van der Waals surface area contributed by atoms with E-state index in [-0.39, 0.29) is 29.6 Å². The predicted molar refractivity (Wildman–Crippen MR) is 95.8 cm³/mol. The molecule has 114 valence electrons. The van der Waals surface area contributed by atoms with Gasteiger partial charge in [-0.05, 0) is 19.4 Å². The summed E-state index contributed by atoms with van der Waals surface area (Å²) < 4.78 is 5.39. The monoisotopic (exact) mass is 391 g/mol. The number of benzene rings is 1. The Morgan fingerprint density at radius 3 is 2.35 bits per heavy atom. The van der Waals surface area contributed by atoms with Gasteiger partial charge in [0.25, 0.3) is 0 Å². The zero-order chi connectivity index (χ0) is 14.3. The van der Waals surface area contributed by atoms with E-state index in [1.165, 1.54) is 5.56 Å². The third kappa shape index (κ3) is 7.09. The van der Waals surface area contributed by atoms with Crippen molar-refractivity contribution in [3.63, 3.8) is 0 Å². The first-order valence-corrected chi connectivity index (χ1v) is 6.49. The molecule has 0 radical (unpaired) electrons. The van der Waals surface area contributed by atoms with Gasteiger partial charge in [0.15, 0.2) is 5.96 Å². The highest BCUT2D eigenvalue weighted by Crippen LogP contribution is 2.05. The Balaban J connectivity index is 0.00000361. The van der Waals surface area contributed by atoms with Crippen molar-refractivity contribution in [1.82, 2.24) is 10.2 Å². The molecule has 1 aromatic carbocycles. The molecular formula is C15H26IN3O. The molecule has 5 heteroatoms. The van der Waals surface area contributed by atoms with Crippen LogP contribution in [0.25, 0.3) is 0 Å². The highest BCUT2D eigenvalue weighted by Gasteiger charge is 2.17. The standard InChI is InChI=1S/C15H25N3O.HI/c1-15(2,19-5)12-17-14(18(3)4)16-11-13-9-7-6-8-10-13;/h6-10H,11-12H2,1-5H3,(H,16,17);1H. The average molecular weight is 391 g/mol. The van der Waals surface area contributed by atoms with Crippen molar-refractivity contribution in [3.05, 3.63) is 35.9 Å². The van der Waals surface area contributed by atoms with E-state index in [2.05, 4.69) is 22.4 Å². The SMILES string of the molecule is COC(C)(C)CNC(=NCc1ccccc1)N(C)C.I. The lowest BCUT2D eigenvalue weighted by atomic mass is 10.1. The first-order chi connectivity index (χ1) is 8.94. The Bertz CT molecular complexity index is 405. The fraction of sp³-hybridized carbons (Fsp3) is 0.533. The number of nitrogens with one attached hydrogen (secondary N) is 1. The average Bonchev–Trinajstić information content (AvgIpc) is 2.39. The molecule has 1 aromatic rings. The summed E-state index contributed by atoms with van der Waals surface area (Å²) in [6.07, 6.45) is 0. The second kappa shape index (κ2) is 9.18. The number of nitrogens with zero attached hydrogens (tertiary/aromatic N) is 2. The van der Waals surface area contributed by atoms with E-state index in [9.17, 15) is 0 Å². The van der Waals surface area contributed by atoms with Gasteiger partial charge in [0.05, 0.1) is 12.1 Å². The van der Waals surface area contributed by atoms with E-state index < -0.39 is 0 Å². The van der Waals surface area contributed by atoms with Crippen LogP contribution >= 0.6 is 24.0 Å². The number of guanidine groups is 1. The maximum absolute atomic E-state index is 5.39. The van der Waals surface area contributed by atoms with Gasteiger partial charge in [-0.1, -0.05) is 30.3 Å². The number of ether oxygens (including phenoxy) is 1. The molecule has 0 fully saturated rings. The van der Waals surface area contributed by atoms with Crippen molar-refractivity contribution in [2.75, 3.05) is 27.7 Å². The lowest BCUT2D eigenvalue weighted by Gasteiger charge is -2.26. The lowest BCUT2D eigenvalue weighted by Crippen LogP contribution is -2.44. The molecular weight excluding hydrogens is 365 g/mol. The number of hydrogen-bond acceptors (Lipinski definition) is 2. The zero-order valence-corrected chi connectivity index (χ0v) is 15.3. The number of aliphatic imine (C=N–C) groups is 1. The van der Waals surface area contributed by atoms with Gasteiger partial charge in [0, 0.05) is 27.7 Å². The van der Waals surface area contributed by atoms with Crippen LogP contribution in [0.4, 0.5) is 0 Å². The third-order valence-electron chi connectivity index (χ3n) is 2.90. The summed E-state index contributed by atoms with van der Waals surface area (Å²) >= 11 is 0. The van der Waals surface area contributed by atoms with Crippen molar-refractivity contribution in [2.24, 2.45) is 4.99 Å². The smallest absolute Gasteiger partial charge is 0.193 e. The van der Waals surface area contributed by atoms with Crippen LogP contribution in [-0.4, -0.2) is 44.2 Å². The van der Waals surface area contributed by atoms with E-state index in [1.807, 2.05) is 51.0 Å². The molecule has 0 aromatic heterocycles. The maximum Gasteiger partial charge on any atom is 0.193 e. The molecule has 0 aliphatic carbocycles. The summed E-state index contributed by atoms with van der Waals surface area (Å²) in [7, 11) is 5.69. The Morgan fingerprint density at radius 1 is 1.25 bits per heavy atom. The topological polar surface area (TPSA) is 36.9 Å². The largest absolute Gasteiger partial charge is 0.377 e. The van der Waals surface area contributed by atoms with Crippen LogP contribution in [0.5, 0.6) is 0 Å². The van der Waals surface area contributed by atoms with Crippen LogP contribution < -0.4 is 5.32 Å². The molecule has 0 amide bonds. The van der Waals surface area contributed by atoms with Gasteiger partial charge in [-0.25, -0.2) is 4.99 Å². The van der Waals surface area contributed by atoms with Crippen molar-refractivity contribution >= 4 is 29.9 Å². The molecule has 4 nitrogen and oxygen atoms in total. The molecule has 1 rings (SSSR count). The Morgan fingerprint density at radius 2 is 1.85 bits per heavy atom. The zero-order valence-electron chi connectivity index (χ0n) is 13.0. The van der Waals surface area contributed by atoms with Crippen molar-refractivity contribution in [3.8, 4) is 0 Å². The summed E-state index contributed by atoms with van der Waals surface area (Å²) in [5.41, 5.74) is 0.999. The van der Waals surface area contributed by atoms with E-state index in [1.54, 1.807) is 7.11 Å². The van der Waals surface area contributed by atoms with Gasteiger partial charge in [-0.2, -0.15) is 0 Å². The molecule has 0 heterocycles. The van der Waals surface area contributed by atoms with Crippen LogP contribution in [0.15, 0.2) is 35.3 Å². The van der Waals surface area contributed by atoms with Gasteiger partial charge < -0.3 is 15.0 Å². The number of halogens is 1. The third-order valence-corrected chi connectivity index (χ3v) is 2.90. The van der Waals surface area contributed by atoms with Gasteiger partial charge in [-0.15, -0.1) is 24.0 Å². The number of methoxy groups -OCH3 is 1. The van der Waals surface area contributed by atoms with Gasteiger partial charge in [0.1, 0.15) is 0 Å². The summed E-state index contributed by atoms with van der Waals surface area (Å²) in [6.45, 7) is 5.49. The van der Waals surface area contributed by atoms with Crippen LogP contribution in [0.2, 0.25) is 0 Å². The van der Waals surface area contributed by atoms with Crippen molar-refractivity contribution in [1.29, 1.82) is 0 Å². The van der Waals surface area contributed by atoms with Crippen LogP contribution in [-0.2, 0) is 11.3 Å². The second-order valence-electron chi connectivity index (χ2n) is 5.34. The quantitative estimate of drug-likeness (QED) is 0.477. The van der Waals surface area contributed by atoms with Gasteiger partial charge in [0.2, 0.25) is 0 Å². The maximum atomic E-state index is 5.39. The minimum atomic E-state index is -0.205. The van der Waals surface area contributed by atoms with E-state index in [0.29, 0.717) is 6.54 Å². The molecule has 0 unspecified atom stereocenters. The normalized spacial score (nSPS) is 11.8. The molecule has 0 atom stereocenters. The second-order valence-corrected chi connectivity index (χ2v) is 5.34. The fourth-order valence-electron chi connectivity index (χ4n) is 1.47. The van der Waals surface area contributed by atoms with Crippen molar-refractivity contribution < 1.29 is 4.74 Å². The predicted octanol–water partition coefficient (Wildman–Crippen LogP) is 2.74. The number of hydrogen-bond donors (Lipinski definition) is 1. The van der Waals surface area contributed by atoms with Crippen LogP contribution in [0.3, 0.4) is 0 Å². The Hall–Kier alpha value is -0.820. The van der Waals surface area contributed by atoms with Gasteiger partial charge in [-0.3, -0.25) is 0 Å². The summed E-state index contributed by atoms with van der Waals surface area (Å²) in [6, 6.07) is 10.2. The van der Waals surface area contributed by atoms with Crippen molar-refractivity contribution in [2.45, 2.75) is 26.0 Å². The highest BCUT2D eigenvalue weighted by atomic mass is 127. The molecule has 0 bridgehead atoms. The Kier molecular flexibility index (Phi) is 8.80. The minimum absolute atomic E-state index is 0. The molecule has 1 N–H and O–H groups in total. The van der Waals surface area contributed by atoms with Crippen LogP contribution in [0, 0.1) is 0 Å². The first kappa shape index (κ1) is 19.2. The lowest BCUT2D eigenvalue weighted by molar-refractivity contribution is 0.0265. The summed E-state index contributed by atoms with van der Waals surface area (Å²) in [5, 5.41) is 3.33. The Labute approximate surface area is 139 Å². The van der Waals surface area contributed by atoms with E-state index in [0.717, 1.165) is 12.5 Å². The molecule has 0 saturated heterocycles. The van der Waals surface area contributed by atoms with Gasteiger partial charge >= 0.3 is 0 Å². The molecule has 0 spiro atoms. The number of rotatable bonds is 5. The molecule has 0 aliphatic rings. The molecule has 0 saturated carbocycles. The molecule has 20 heavy (non-hydrogen) atoms. The van der Waals surface area contributed by atoms with Crippen LogP contribution in [0.1, 0.15) is 19.4 Å². The van der Waals surface area contributed by atoms with E-state index in [4.69, 9.17) is 4.74 Å². The molecule has 0 aliphatic heterocycles. The van der Waals surface area contributed by atoms with E-state index >= 15 is 0 Å². The fourth-order valence-corrected chi connectivity index (χ4v) is 1.47.